The van der Waals surface area contributed by atoms with E-state index in [1.807, 2.05) is 0 Å². The third kappa shape index (κ3) is 76.3. The predicted octanol–water partition coefficient (Wildman–Crippen LogP) is 24.9. The molecule has 0 amide bonds. The van der Waals surface area contributed by atoms with Crippen LogP contribution in [0.15, 0.2) is 0 Å². The van der Waals surface area contributed by atoms with E-state index >= 15 is 0 Å². The van der Waals surface area contributed by atoms with E-state index in [9.17, 15) is 43.2 Å². The molecule has 0 aliphatic heterocycles. The van der Waals surface area contributed by atoms with Crippen LogP contribution >= 0.6 is 15.6 Å². The van der Waals surface area contributed by atoms with Crippen LogP contribution in [0.5, 0.6) is 0 Å². The van der Waals surface area contributed by atoms with Gasteiger partial charge in [0.1, 0.15) is 19.3 Å². The fourth-order valence-corrected chi connectivity index (χ4v) is 14.4. The number of phosphoric acid groups is 2. The molecule has 0 aromatic heterocycles. The summed E-state index contributed by atoms with van der Waals surface area (Å²) >= 11 is 0. The lowest BCUT2D eigenvalue weighted by Gasteiger charge is -2.21. The average molecular weight is 1490 g/mol. The molecule has 606 valence electrons. The summed E-state index contributed by atoms with van der Waals surface area (Å²) in [5.41, 5.74) is 0. The lowest BCUT2D eigenvalue weighted by Crippen LogP contribution is -2.30. The van der Waals surface area contributed by atoms with E-state index in [0.29, 0.717) is 25.7 Å². The van der Waals surface area contributed by atoms with Crippen molar-refractivity contribution in [3.63, 3.8) is 0 Å². The van der Waals surface area contributed by atoms with Crippen molar-refractivity contribution in [2.75, 3.05) is 39.6 Å². The molecule has 0 heterocycles. The van der Waals surface area contributed by atoms with Gasteiger partial charge in [-0.1, -0.05) is 382 Å². The second-order valence-electron chi connectivity index (χ2n) is 31.3. The van der Waals surface area contributed by atoms with Gasteiger partial charge in [-0.05, 0) is 43.4 Å². The molecule has 19 heteroatoms. The number of aliphatic hydroxyl groups is 1. The summed E-state index contributed by atoms with van der Waals surface area (Å²) in [6.07, 6.45) is 62.3. The molecule has 0 fully saturated rings. The Morgan fingerprint density at radius 1 is 0.265 bits per heavy atom. The first-order valence-electron chi connectivity index (χ1n) is 42.8. The van der Waals surface area contributed by atoms with Crippen molar-refractivity contribution in [3.8, 4) is 0 Å². The van der Waals surface area contributed by atoms with Crippen molar-refractivity contribution < 1.29 is 80.2 Å². The molecule has 2 unspecified atom stereocenters. The highest BCUT2D eigenvalue weighted by atomic mass is 31.2. The molecule has 102 heavy (non-hydrogen) atoms. The van der Waals surface area contributed by atoms with E-state index in [1.165, 1.54) is 244 Å². The number of unbranched alkanes of at least 4 members (excludes halogenated alkanes) is 49. The number of hydrogen-bond donors (Lipinski definition) is 3. The highest BCUT2D eigenvalue weighted by Gasteiger charge is 2.30. The standard InChI is InChI=1S/C83H162O17P2/c1-8-9-10-11-12-13-14-20-29-36-43-50-57-64-80(85)93-71-79(100-83(88)67-60-53-46-39-32-25-28-35-42-49-56-63-76(6)7)73-98-102(91,92)96-69-77(84)68-95-101(89,90)97-72-78(70-94-81(86)65-58-51-44-37-30-23-19-18-22-27-34-41-48-55-62-75(4)5)99-82(87)66-59-52-45-38-31-24-17-15-16-21-26-33-40-47-54-61-74(2)3/h74-79,84H,8-73H2,1-7H3,(H,89,90)(H,91,92)/t77-,78-,79-/m1/s1. The third-order valence-corrected chi connectivity index (χ3v) is 21.3. The van der Waals surface area contributed by atoms with Crippen LogP contribution in [0.1, 0.15) is 434 Å². The molecule has 0 saturated heterocycles. The number of hydrogen-bond acceptors (Lipinski definition) is 15. The summed E-state index contributed by atoms with van der Waals surface area (Å²) in [5, 5.41) is 10.7. The van der Waals surface area contributed by atoms with Crippen molar-refractivity contribution >= 4 is 39.5 Å². The van der Waals surface area contributed by atoms with E-state index in [-0.39, 0.29) is 25.7 Å². The van der Waals surface area contributed by atoms with Gasteiger partial charge in [-0.15, -0.1) is 0 Å². The number of phosphoric ester groups is 2. The molecule has 5 atom stereocenters. The van der Waals surface area contributed by atoms with Crippen molar-refractivity contribution in [1.82, 2.24) is 0 Å². The zero-order valence-electron chi connectivity index (χ0n) is 67.1. The monoisotopic (exact) mass is 1490 g/mol. The average Bonchev–Trinajstić information content (AvgIpc) is 0.948. The van der Waals surface area contributed by atoms with Crippen molar-refractivity contribution in [2.24, 2.45) is 17.8 Å². The molecule has 3 N–H and O–H groups in total. The Bertz CT molecular complexity index is 1970. The summed E-state index contributed by atoms with van der Waals surface area (Å²) in [6.45, 7) is 12.0. The zero-order chi connectivity index (χ0) is 75.1. The van der Waals surface area contributed by atoms with E-state index in [0.717, 1.165) is 108 Å². The minimum atomic E-state index is -4.96. The first kappa shape index (κ1) is 100. The number of aliphatic hydroxyl groups excluding tert-OH is 1. The topological polar surface area (TPSA) is 237 Å². The van der Waals surface area contributed by atoms with E-state index in [2.05, 4.69) is 48.5 Å². The molecule has 0 saturated carbocycles. The Balaban J connectivity index is 5.27. The summed E-state index contributed by atoms with van der Waals surface area (Å²) in [7, 11) is -9.93. The second kappa shape index (κ2) is 73.2. The Morgan fingerprint density at radius 2 is 0.451 bits per heavy atom. The first-order chi connectivity index (χ1) is 49.2. The minimum absolute atomic E-state index is 0.107. The third-order valence-electron chi connectivity index (χ3n) is 19.4. The van der Waals surface area contributed by atoms with Crippen molar-refractivity contribution in [1.29, 1.82) is 0 Å². The molecule has 0 aliphatic carbocycles. The summed E-state index contributed by atoms with van der Waals surface area (Å²) in [6, 6.07) is 0. The quantitative estimate of drug-likeness (QED) is 0.0222. The van der Waals surface area contributed by atoms with Crippen LogP contribution in [0, 0.1) is 17.8 Å². The Hall–Kier alpha value is -1.94. The van der Waals surface area contributed by atoms with Crippen molar-refractivity contribution in [3.05, 3.63) is 0 Å². The molecule has 0 bridgehead atoms. The lowest BCUT2D eigenvalue weighted by molar-refractivity contribution is -0.161. The van der Waals surface area contributed by atoms with Gasteiger partial charge in [0, 0.05) is 25.7 Å². The molecular weight excluding hydrogens is 1330 g/mol. The maximum Gasteiger partial charge on any atom is 0.472 e. The minimum Gasteiger partial charge on any atom is -0.462 e. The van der Waals surface area contributed by atoms with Gasteiger partial charge in [-0.2, -0.15) is 0 Å². The van der Waals surface area contributed by atoms with Gasteiger partial charge in [0.2, 0.25) is 0 Å². The smallest absolute Gasteiger partial charge is 0.462 e. The highest BCUT2D eigenvalue weighted by Crippen LogP contribution is 2.45. The first-order valence-corrected chi connectivity index (χ1v) is 45.8. The second-order valence-corrected chi connectivity index (χ2v) is 34.2. The van der Waals surface area contributed by atoms with Gasteiger partial charge in [0.15, 0.2) is 12.2 Å². The van der Waals surface area contributed by atoms with E-state index < -0.39 is 97.5 Å². The Kier molecular flexibility index (Phi) is 71.8. The molecule has 0 aromatic rings. The van der Waals surface area contributed by atoms with Crippen molar-refractivity contribution in [2.45, 2.75) is 452 Å². The van der Waals surface area contributed by atoms with Crippen LogP contribution in [0.2, 0.25) is 0 Å². The largest absolute Gasteiger partial charge is 0.472 e. The molecular formula is C83H162O17P2. The number of ether oxygens (including phenoxy) is 4. The van der Waals surface area contributed by atoms with E-state index in [4.69, 9.17) is 37.0 Å². The van der Waals surface area contributed by atoms with Crippen LogP contribution in [0.25, 0.3) is 0 Å². The highest BCUT2D eigenvalue weighted by molar-refractivity contribution is 7.47. The number of carbonyl (C=O) groups excluding carboxylic acids is 4. The summed E-state index contributed by atoms with van der Waals surface area (Å²) in [4.78, 5) is 73.2. The van der Waals surface area contributed by atoms with Crippen LogP contribution in [-0.4, -0.2) is 96.7 Å². The van der Waals surface area contributed by atoms with Crippen LogP contribution < -0.4 is 0 Å². The fraction of sp³-hybridized carbons (Fsp3) is 0.952. The maximum atomic E-state index is 13.1. The molecule has 0 aromatic carbocycles. The molecule has 17 nitrogen and oxygen atoms in total. The fourth-order valence-electron chi connectivity index (χ4n) is 12.8. The molecule has 0 radical (unpaired) electrons. The van der Waals surface area contributed by atoms with Crippen LogP contribution in [0.4, 0.5) is 0 Å². The molecule has 0 rings (SSSR count). The van der Waals surface area contributed by atoms with E-state index in [1.54, 1.807) is 0 Å². The molecule has 0 spiro atoms. The zero-order valence-corrected chi connectivity index (χ0v) is 68.9. The number of carbonyl (C=O) groups is 4. The predicted molar refractivity (Wildman–Crippen MR) is 418 cm³/mol. The Morgan fingerprint density at radius 3 is 0.667 bits per heavy atom. The van der Waals surface area contributed by atoms with Crippen LogP contribution in [0.3, 0.4) is 0 Å². The van der Waals surface area contributed by atoms with Gasteiger partial charge >= 0.3 is 39.5 Å². The van der Waals surface area contributed by atoms with Crippen LogP contribution in [-0.2, 0) is 65.4 Å². The van der Waals surface area contributed by atoms with Gasteiger partial charge in [-0.25, -0.2) is 9.13 Å². The molecule has 0 aliphatic rings. The number of esters is 4. The summed E-state index contributed by atoms with van der Waals surface area (Å²) < 4.78 is 68.8. The van der Waals surface area contributed by atoms with Gasteiger partial charge < -0.3 is 33.8 Å². The summed E-state index contributed by atoms with van der Waals surface area (Å²) in [5.74, 6) is 0.261. The lowest BCUT2D eigenvalue weighted by atomic mass is 10.0. The van der Waals surface area contributed by atoms with Gasteiger partial charge in [-0.3, -0.25) is 37.3 Å². The normalized spacial score (nSPS) is 13.9. The SMILES string of the molecule is CCCCCCCCCCCCCCCC(=O)OC[C@H](COP(=O)(O)OC[C@H](O)COP(=O)(O)OC[C@@H](COC(=O)CCCCCCCCCCCCCCCCC(C)C)OC(=O)CCCCCCCCCCCCCCCCCC(C)C)OC(=O)CCCCCCCCCCCCCC(C)C. The van der Waals surface area contributed by atoms with Gasteiger partial charge in [0.25, 0.3) is 0 Å². The maximum absolute atomic E-state index is 13.1. The Labute approximate surface area is 626 Å². The number of rotatable bonds is 81. The van der Waals surface area contributed by atoms with Gasteiger partial charge in [0.05, 0.1) is 26.4 Å².